The summed E-state index contributed by atoms with van der Waals surface area (Å²) in [4.78, 5) is 11.2. The lowest BCUT2D eigenvalue weighted by Gasteiger charge is -2.14. The first-order valence-corrected chi connectivity index (χ1v) is 8.06. The number of rotatable bonds is 7. The van der Waals surface area contributed by atoms with E-state index in [-0.39, 0.29) is 12.6 Å². The highest BCUT2D eigenvalue weighted by Gasteiger charge is 2.09. The summed E-state index contributed by atoms with van der Waals surface area (Å²) in [6, 6.07) is 12.6. The van der Waals surface area contributed by atoms with Crippen LogP contribution in [0.3, 0.4) is 0 Å². The van der Waals surface area contributed by atoms with E-state index in [2.05, 4.69) is 53.4 Å². The summed E-state index contributed by atoms with van der Waals surface area (Å²) < 4.78 is 10.2. The number of benzene rings is 2. The van der Waals surface area contributed by atoms with Crippen molar-refractivity contribution in [3.8, 4) is 5.75 Å². The van der Waals surface area contributed by atoms with Gasteiger partial charge in [-0.25, -0.2) is 4.79 Å². The fraction of sp³-hybridized carbons (Fsp3) is 0.350. The number of nitrogens with one attached hydrogen (secondary N) is 1. The minimum Gasteiger partial charge on any atom is -0.481 e. The Morgan fingerprint density at radius 2 is 1.67 bits per heavy atom. The van der Waals surface area contributed by atoms with E-state index >= 15 is 0 Å². The monoisotopic (exact) mass is 327 g/mol. The summed E-state index contributed by atoms with van der Waals surface area (Å²) in [7, 11) is 1.36. The molecule has 0 aliphatic heterocycles. The number of carbonyl (C=O) groups excluding carboxylic acids is 1. The van der Waals surface area contributed by atoms with Gasteiger partial charge in [-0.15, -0.1) is 0 Å². The molecule has 1 N–H and O–H groups in total. The van der Waals surface area contributed by atoms with Gasteiger partial charge in [0, 0.05) is 13.1 Å². The number of methoxy groups -OCH3 is 1. The summed E-state index contributed by atoms with van der Waals surface area (Å²) >= 11 is 0. The van der Waals surface area contributed by atoms with Crippen molar-refractivity contribution < 1.29 is 14.3 Å². The Morgan fingerprint density at radius 1 is 1.00 bits per heavy atom. The summed E-state index contributed by atoms with van der Waals surface area (Å²) in [6.45, 7) is 7.66. The lowest BCUT2D eigenvalue weighted by molar-refractivity contribution is -0.142. The molecular formula is C20H25NO3. The standard InChI is InChI=1S/C20H25NO3/c1-14-7-5-6-8-18(14)12-21-11-17-9-15(2)20(16(3)10-17)24-13-19(22)23-4/h5-10,21H,11-13H2,1-4H3. The lowest BCUT2D eigenvalue weighted by atomic mass is 10.1. The Kier molecular flexibility index (Phi) is 6.38. The summed E-state index contributed by atoms with van der Waals surface area (Å²) in [5, 5.41) is 3.48. The zero-order valence-corrected chi connectivity index (χ0v) is 14.8. The molecule has 24 heavy (non-hydrogen) atoms. The molecule has 0 aromatic heterocycles. The maximum absolute atomic E-state index is 11.2. The van der Waals surface area contributed by atoms with Crippen molar-refractivity contribution in [1.82, 2.24) is 5.32 Å². The van der Waals surface area contributed by atoms with Crippen molar-refractivity contribution in [3.05, 3.63) is 64.2 Å². The molecular weight excluding hydrogens is 302 g/mol. The molecule has 0 radical (unpaired) electrons. The third-order valence-electron chi connectivity index (χ3n) is 3.99. The Labute approximate surface area is 143 Å². The highest BCUT2D eigenvalue weighted by Crippen LogP contribution is 2.25. The van der Waals surface area contributed by atoms with Crippen molar-refractivity contribution in [2.45, 2.75) is 33.9 Å². The van der Waals surface area contributed by atoms with Gasteiger partial charge in [0.15, 0.2) is 6.61 Å². The molecule has 0 saturated carbocycles. The average molecular weight is 327 g/mol. The second-order valence-electron chi connectivity index (χ2n) is 5.95. The number of esters is 1. The minimum atomic E-state index is -0.377. The largest absolute Gasteiger partial charge is 0.481 e. The highest BCUT2D eigenvalue weighted by atomic mass is 16.6. The van der Waals surface area contributed by atoms with Gasteiger partial charge in [-0.05, 0) is 48.6 Å². The minimum absolute atomic E-state index is 0.0664. The zero-order chi connectivity index (χ0) is 17.5. The van der Waals surface area contributed by atoms with E-state index in [4.69, 9.17) is 4.74 Å². The van der Waals surface area contributed by atoms with E-state index in [0.717, 1.165) is 30.0 Å². The first-order chi connectivity index (χ1) is 11.5. The fourth-order valence-corrected chi connectivity index (χ4v) is 2.71. The van der Waals surface area contributed by atoms with Gasteiger partial charge in [0.2, 0.25) is 0 Å². The molecule has 128 valence electrons. The molecule has 0 unspecified atom stereocenters. The van der Waals surface area contributed by atoms with Gasteiger partial charge in [-0.2, -0.15) is 0 Å². The molecule has 0 saturated heterocycles. The topological polar surface area (TPSA) is 47.6 Å². The number of carbonyl (C=O) groups is 1. The van der Waals surface area contributed by atoms with Crippen LogP contribution >= 0.6 is 0 Å². The predicted octanol–water partition coefficient (Wildman–Crippen LogP) is 3.45. The van der Waals surface area contributed by atoms with Gasteiger partial charge in [0.05, 0.1) is 7.11 Å². The van der Waals surface area contributed by atoms with Gasteiger partial charge in [-0.1, -0.05) is 36.4 Å². The van der Waals surface area contributed by atoms with Crippen molar-refractivity contribution in [1.29, 1.82) is 0 Å². The Morgan fingerprint density at radius 3 is 2.29 bits per heavy atom. The molecule has 0 atom stereocenters. The molecule has 0 fully saturated rings. The maximum Gasteiger partial charge on any atom is 0.343 e. The smallest absolute Gasteiger partial charge is 0.343 e. The third kappa shape index (κ3) is 4.83. The molecule has 0 amide bonds. The van der Waals surface area contributed by atoms with E-state index in [1.165, 1.54) is 23.8 Å². The van der Waals surface area contributed by atoms with Crippen LogP contribution < -0.4 is 10.1 Å². The molecule has 2 aromatic rings. The average Bonchev–Trinajstić information content (AvgIpc) is 2.55. The van der Waals surface area contributed by atoms with Crippen LogP contribution in [-0.2, 0) is 22.6 Å². The van der Waals surface area contributed by atoms with E-state index in [1.807, 2.05) is 13.8 Å². The normalized spacial score (nSPS) is 10.5. The zero-order valence-electron chi connectivity index (χ0n) is 14.8. The van der Waals surface area contributed by atoms with Crippen LogP contribution in [0.25, 0.3) is 0 Å². The first kappa shape index (κ1) is 18.0. The molecule has 0 aliphatic rings. The van der Waals surface area contributed by atoms with Gasteiger partial charge >= 0.3 is 5.97 Å². The van der Waals surface area contributed by atoms with E-state index < -0.39 is 0 Å². The summed E-state index contributed by atoms with van der Waals surface area (Å²) in [5.74, 6) is 0.376. The molecule has 4 heteroatoms. The van der Waals surface area contributed by atoms with Crippen molar-refractivity contribution in [2.75, 3.05) is 13.7 Å². The van der Waals surface area contributed by atoms with Gasteiger partial charge in [0.1, 0.15) is 5.75 Å². The number of aryl methyl sites for hydroxylation is 3. The molecule has 4 nitrogen and oxygen atoms in total. The number of hydrogen-bond acceptors (Lipinski definition) is 4. The van der Waals surface area contributed by atoms with E-state index in [1.54, 1.807) is 0 Å². The van der Waals surface area contributed by atoms with Crippen LogP contribution in [0.2, 0.25) is 0 Å². The second kappa shape index (κ2) is 8.50. The Bertz CT molecular complexity index is 687. The highest BCUT2D eigenvalue weighted by molar-refractivity contribution is 5.71. The van der Waals surface area contributed by atoms with Gasteiger partial charge < -0.3 is 14.8 Å². The van der Waals surface area contributed by atoms with Crippen molar-refractivity contribution >= 4 is 5.97 Å². The lowest BCUT2D eigenvalue weighted by Crippen LogP contribution is -2.15. The third-order valence-corrected chi connectivity index (χ3v) is 3.99. The summed E-state index contributed by atoms with van der Waals surface area (Å²) in [5.41, 5.74) is 5.84. The molecule has 2 rings (SSSR count). The van der Waals surface area contributed by atoms with Gasteiger partial charge in [0.25, 0.3) is 0 Å². The molecule has 0 spiro atoms. The van der Waals surface area contributed by atoms with Crippen LogP contribution in [0.15, 0.2) is 36.4 Å². The molecule has 0 bridgehead atoms. The molecule has 0 heterocycles. The number of ether oxygens (including phenoxy) is 2. The molecule has 2 aromatic carbocycles. The maximum atomic E-state index is 11.2. The second-order valence-corrected chi connectivity index (χ2v) is 5.95. The predicted molar refractivity (Wildman–Crippen MR) is 95.1 cm³/mol. The Hall–Kier alpha value is -2.33. The van der Waals surface area contributed by atoms with Crippen molar-refractivity contribution in [2.24, 2.45) is 0 Å². The van der Waals surface area contributed by atoms with E-state index in [9.17, 15) is 4.79 Å². The quantitative estimate of drug-likeness (QED) is 0.791. The van der Waals surface area contributed by atoms with Crippen LogP contribution in [0.1, 0.15) is 27.8 Å². The van der Waals surface area contributed by atoms with Crippen LogP contribution in [0, 0.1) is 20.8 Å². The fourth-order valence-electron chi connectivity index (χ4n) is 2.71. The summed E-state index contributed by atoms with van der Waals surface area (Å²) in [6.07, 6.45) is 0. The van der Waals surface area contributed by atoms with Crippen molar-refractivity contribution in [3.63, 3.8) is 0 Å². The first-order valence-electron chi connectivity index (χ1n) is 8.06. The van der Waals surface area contributed by atoms with Crippen LogP contribution in [0.5, 0.6) is 5.75 Å². The Balaban J connectivity index is 1.97. The van der Waals surface area contributed by atoms with Crippen LogP contribution in [-0.4, -0.2) is 19.7 Å². The molecule has 0 aliphatic carbocycles. The van der Waals surface area contributed by atoms with Crippen LogP contribution in [0.4, 0.5) is 0 Å². The SMILES string of the molecule is COC(=O)COc1c(C)cc(CNCc2ccccc2C)cc1C. The van der Waals surface area contributed by atoms with Gasteiger partial charge in [-0.3, -0.25) is 0 Å². The number of hydrogen-bond donors (Lipinski definition) is 1. The van der Waals surface area contributed by atoms with E-state index in [0.29, 0.717) is 0 Å².